The van der Waals surface area contributed by atoms with Crippen LogP contribution in [0.15, 0.2) is 30.3 Å². The molecular weight excluding hydrogens is 352 g/mol. The summed E-state index contributed by atoms with van der Waals surface area (Å²) in [4.78, 5) is 8.81. The minimum Gasteiger partial charge on any atom is -0.497 e. The van der Waals surface area contributed by atoms with E-state index in [1.807, 2.05) is 37.3 Å². The summed E-state index contributed by atoms with van der Waals surface area (Å²) in [6, 6.07) is 9.74. The molecule has 0 saturated carbocycles. The first-order valence-corrected chi connectivity index (χ1v) is 10.4. The average Bonchev–Trinajstić information content (AvgIpc) is 2.93. The van der Waals surface area contributed by atoms with Gasteiger partial charge >= 0.3 is 0 Å². The van der Waals surface area contributed by atoms with E-state index in [-0.39, 0.29) is 17.5 Å². The molecule has 2 heterocycles. The molecule has 3 rings (SSSR count). The predicted octanol–water partition coefficient (Wildman–Crippen LogP) is 2.05. The highest BCUT2D eigenvalue weighted by Gasteiger charge is 2.28. The topological polar surface area (TPSA) is 93.2 Å². The van der Waals surface area contributed by atoms with Crippen molar-refractivity contribution < 1.29 is 13.2 Å². The Bertz CT molecular complexity index is 853. The Labute approximate surface area is 154 Å². The summed E-state index contributed by atoms with van der Waals surface area (Å²) in [5, 5.41) is 6.45. The van der Waals surface area contributed by atoms with Crippen molar-refractivity contribution in [2.75, 3.05) is 35.8 Å². The molecule has 0 amide bonds. The van der Waals surface area contributed by atoms with Crippen LogP contribution >= 0.6 is 0 Å². The number of methoxy groups -OCH3 is 1. The minimum absolute atomic E-state index is 0.117. The number of nitrogens with one attached hydrogen (secondary N) is 2. The van der Waals surface area contributed by atoms with Crippen molar-refractivity contribution in [3.05, 3.63) is 41.6 Å². The molecular formula is C18H24N4O3S. The number of aryl methyl sites for hydroxylation is 1. The zero-order valence-electron chi connectivity index (χ0n) is 15.0. The average molecular weight is 376 g/mol. The van der Waals surface area contributed by atoms with Gasteiger partial charge in [-0.3, -0.25) is 0 Å². The van der Waals surface area contributed by atoms with E-state index in [1.54, 1.807) is 7.11 Å². The highest BCUT2D eigenvalue weighted by atomic mass is 32.2. The van der Waals surface area contributed by atoms with E-state index >= 15 is 0 Å². The van der Waals surface area contributed by atoms with Crippen LogP contribution in [0.1, 0.15) is 17.7 Å². The van der Waals surface area contributed by atoms with Crippen LogP contribution in [0.25, 0.3) is 0 Å². The van der Waals surface area contributed by atoms with Gasteiger partial charge in [0, 0.05) is 24.3 Å². The number of benzene rings is 1. The molecule has 26 heavy (non-hydrogen) atoms. The fourth-order valence-corrected chi connectivity index (χ4v) is 4.62. The van der Waals surface area contributed by atoms with Gasteiger partial charge in [0.15, 0.2) is 9.84 Å². The zero-order chi connectivity index (χ0) is 18.6. The molecule has 0 aliphatic carbocycles. The van der Waals surface area contributed by atoms with Crippen molar-refractivity contribution in [3.63, 3.8) is 0 Å². The molecule has 1 aliphatic heterocycles. The summed E-state index contributed by atoms with van der Waals surface area (Å²) in [5.74, 6) is 2.42. The number of sulfone groups is 1. The fraction of sp³-hybridized carbons (Fsp3) is 0.444. The molecule has 2 aromatic rings. The van der Waals surface area contributed by atoms with Crippen LogP contribution in [0.3, 0.4) is 0 Å². The number of anilines is 2. The highest BCUT2D eigenvalue weighted by Crippen LogP contribution is 2.17. The molecule has 140 valence electrons. The molecule has 1 fully saturated rings. The van der Waals surface area contributed by atoms with E-state index in [9.17, 15) is 8.42 Å². The first kappa shape index (κ1) is 18.4. The smallest absolute Gasteiger partial charge is 0.225 e. The van der Waals surface area contributed by atoms with Crippen LogP contribution in [-0.4, -0.2) is 49.6 Å². The summed E-state index contributed by atoms with van der Waals surface area (Å²) >= 11 is 0. The van der Waals surface area contributed by atoms with Crippen molar-refractivity contribution in [3.8, 4) is 5.75 Å². The molecule has 1 saturated heterocycles. The molecule has 8 heteroatoms. The van der Waals surface area contributed by atoms with E-state index < -0.39 is 9.84 Å². The van der Waals surface area contributed by atoms with E-state index in [0.717, 1.165) is 30.2 Å². The first-order valence-electron chi connectivity index (χ1n) is 8.63. The normalized spacial score (nSPS) is 18.5. The Morgan fingerprint density at radius 2 is 2.00 bits per heavy atom. The van der Waals surface area contributed by atoms with Gasteiger partial charge < -0.3 is 15.4 Å². The second-order valence-corrected chi connectivity index (χ2v) is 8.72. The number of aromatic nitrogens is 2. The van der Waals surface area contributed by atoms with Gasteiger partial charge in [-0.1, -0.05) is 12.1 Å². The molecule has 2 N–H and O–H groups in total. The van der Waals surface area contributed by atoms with Gasteiger partial charge in [0.2, 0.25) is 5.95 Å². The number of hydrogen-bond acceptors (Lipinski definition) is 7. The maximum absolute atomic E-state index is 11.6. The van der Waals surface area contributed by atoms with Crippen molar-refractivity contribution >= 4 is 21.6 Å². The van der Waals surface area contributed by atoms with Gasteiger partial charge in [0.05, 0.1) is 18.6 Å². The van der Waals surface area contributed by atoms with Crippen LogP contribution in [0.2, 0.25) is 0 Å². The lowest BCUT2D eigenvalue weighted by Gasteiger charge is -2.13. The second kappa shape index (κ2) is 7.90. The van der Waals surface area contributed by atoms with Gasteiger partial charge in [0.1, 0.15) is 11.6 Å². The van der Waals surface area contributed by atoms with E-state index in [2.05, 4.69) is 20.6 Å². The third kappa shape index (κ3) is 5.08. The SMILES string of the molecule is COc1ccc(CCNc2cc(C)nc(NC3CCS(=O)(=O)C3)n2)cc1. The summed E-state index contributed by atoms with van der Waals surface area (Å²) in [5.41, 5.74) is 2.04. The molecule has 0 bridgehead atoms. The quantitative estimate of drug-likeness (QED) is 0.764. The van der Waals surface area contributed by atoms with Crippen LogP contribution in [0.5, 0.6) is 5.75 Å². The van der Waals surface area contributed by atoms with Gasteiger partial charge in [-0.05, 0) is 37.5 Å². The first-order chi connectivity index (χ1) is 12.4. The summed E-state index contributed by atoms with van der Waals surface area (Å²) < 4.78 is 28.3. The van der Waals surface area contributed by atoms with Crippen LogP contribution in [0.4, 0.5) is 11.8 Å². The lowest BCUT2D eigenvalue weighted by atomic mass is 10.1. The van der Waals surface area contributed by atoms with Crippen LogP contribution < -0.4 is 15.4 Å². The van der Waals surface area contributed by atoms with Crippen molar-refractivity contribution in [1.82, 2.24) is 9.97 Å². The Morgan fingerprint density at radius 1 is 1.23 bits per heavy atom. The van der Waals surface area contributed by atoms with Crippen molar-refractivity contribution in [2.24, 2.45) is 0 Å². The number of ether oxygens (including phenoxy) is 1. The Balaban J connectivity index is 1.57. The monoisotopic (exact) mass is 376 g/mol. The number of nitrogens with zero attached hydrogens (tertiary/aromatic N) is 2. The lowest BCUT2D eigenvalue weighted by Crippen LogP contribution is -2.22. The Kier molecular flexibility index (Phi) is 5.61. The lowest BCUT2D eigenvalue weighted by molar-refractivity contribution is 0.414. The van der Waals surface area contributed by atoms with Crippen molar-refractivity contribution in [2.45, 2.75) is 25.8 Å². The van der Waals surface area contributed by atoms with Gasteiger partial charge in [-0.15, -0.1) is 0 Å². The van der Waals surface area contributed by atoms with Gasteiger partial charge in [0.25, 0.3) is 0 Å². The molecule has 0 radical (unpaired) electrons. The Hall–Kier alpha value is -2.35. The van der Waals surface area contributed by atoms with Crippen LogP contribution in [0, 0.1) is 6.92 Å². The molecule has 1 aromatic heterocycles. The van der Waals surface area contributed by atoms with Crippen molar-refractivity contribution in [1.29, 1.82) is 0 Å². The van der Waals surface area contributed by atoms with Gasteiger partial charge in [-0.2, -0.15) is 4.98 Å². The van der Waals surface area contributed by atoms with E-state index in [0.29, 0.717) is 12.4 Å². The third-order valence-electron chi connectivity index (χ3n) is 4.30. The minimum atomic E-state index is -2.93. The Morgan fingerprint density at radius 3 is 2.65 bits per heavy atom. The third-order valence-corrected chi connectivity index (χ3v) is 6.07. The molecule has 0 spiro atoms. The molecule has 7 nitrogen and oxygen atoms in total. The zero-order valence-corrected chi connectivity index (χ0v) is 15.8. The highest BCUT2D eigenvalue weighted by molar-refractivity contribution is 7.91. The standard InChI is InChI=1S/C18H24N4O3S/c1-13-11-17(19-9-7-14-3-5-16(25-2)6-4-14)22-18(20-13)21-15-8-10-26(23,24)12-15/h3-6,11,15H,7-10,12H2,1-2H3,(H2,19,20,21,22). The molecule has 1 aliphatic rings. The summed E-state index contributed by atoms with van der Waals surface area (Å²) in [7, 11) is -1.27. The maximum Gasteiger partial charge on any atom is 0.225 e. The van der Waals surface area contributed by atoms with Crippen LogP contribution in [-0.2, 0) is 16.3 Å². The molecule has 1 atom stereocenters. The number of hydrogen-bond donors (Lipinski definition) is 2. The van der Waals surface area contributed by atoms with Gasteiger partial charge in [-0.25, -0.2) is 13.4 Å². The number of rotatable bonds is 7. The molecule has 1 aromatic carbocycles. The van der Waals surface area contributed by atoms with E-state index in [1.165, 1.54) is 5.56 Å². The summed E-state index contributed by atoms with van der Waals surface area (Å²) in [6.45, 7) is 2.63. The predicted molar refractivity (Wildman–Crippen MR) is 103 cm³/mol. The largest absolute Gasteiger partial charge is 0.497 e. The molecule has 1 unspecified atom stereocenters. The fourth-order valence-electron chi connectivity index (χ4n) is 2.94. The maximum atomic E-state index is 11.6. The van der Waals surface area contributed by atoms with E-state index in [4.69, 9.17) is 4.74 Å². The summed E-state index contributed by atoms with van der Waals surface area (Å²) in [6.07, 6.45) is 1.45. The second-order valence-electron chi connectivity index (χ2n) is 6.49.